The first-order valence-corrected chi connectivity index (χ1v) is 11.1. The number of imide groups is 1. The highest BCUT2D eigenvalue weighted by Gasteiger charge is 2.36. The fourth-order valence-electron chi connectivity index (χ4n) is 3.67. The maximum atomic E-state index is 13.3. The zero-order valence-corrected chi connectivity index (χ0v) is 19.0. The molecule has 3 aromatic rings. The highest BCUT2D eigenvalue weighted by Crippen LogP contribution is 2.33. The van der Waals surface area contributed by atoms with Gasteiger partial charge in [0.25, 0.3) is 11.1 Å². The van der Waals surface area contributed by atoms with Gasteiger partial charge in [-0.05, 0) is 67.1 Å². The van der Waals surface area contributed by atoms with Gasteiger partial charge in [0.05, 0.1) is 4.91 Å². The summed E-state index contributed by atoms with van der Waals surface area (Å²) in [5, 5.41) is 1.99. The molecule has 1 aliphatic rings. The zero-order valence-electron chi connectivity index (χ0n) is 18.2. The summed E-state index contributed by atoms with van der Waals surface area (Å²) in [5.74, 6) is -1.59. The van der Waals surface area contributed by atoms with Crippen LogP contribution in [0.25, 0.3) is 6.08 Å². The number of nitrogens with one attached hydrogen (secondary N) is 1. The number of amides is 3. The summed E-state index contributed by atoms with van der Waals surface area (Å²) in [4.78, 5) is 38.7. The van der Waals surface area contributed by atoms with Crippen LogP contribution in [0.5, 0.6) is 0 Å². The topological polar surface area (TPSA) is 71.4 Å². The molecule has 3 amide bonds. The number of nitrogens with zero attached hydrogens (tertiary/aromatic N) is 2. The molecule has 0 aliphatic carbocycles. The van der Waals surface area contributed by atoms with Crippen molar-refractivity contribution in [1.82, 2.24) is 9.47 Å². The van der Waals surface area contributed by atoms with Crippen molar-refractivity contribution < 1.29 is 18.8 Å². The van der Waals surface area contributed by atoms with Gasteiger partial charge < -0.3 is 9.88 Å². The van der Waals surface area contributed by atoms with E-state index in [0.717, 1.165) is 45.2 Å². The molecule has 8 heteroatoms. The Balaban J connectivity index is 1.48. The van der Waals surface area contributed by atoms with Crippen molar-refractivity contribution in [3.05, 3.63) is 93.9 Å². The van der Waals surface area contributed by atoms with Crippen molar-refractivity contribution in [2.45, 2.75) is 20.4 Å². The normalized spacial score (nSPS) is 14.9. The average molecular weight is 464 g/mol. The Morgan fingerprint density at radius 2 is 1.82 bits per heavy atom. The first kappa shape index (κ1) is 22.5. The zero-order chi connectivity index (χ0) is 23.5. The van der Waals surface area contributed by atoms with E-state index in [0.29, 0.717) is 6.54 Å². The van der Waals surface area contributed by atoms with Crippen LogP contribution in [-0.4, -0.2) is 33.1 Å². The second-order valence-corrected chi connectivity index (χ2v) is 8.72. The third-order valence-corrected chi connectivity index (χ3v) is 6.27. The van der Waals surface area contributed by atoms with E-state index in [1.165, 1.54) is 18.2 Å². The molecule has 1 fully saturated rings. The monoisotopic (exact) mass is 463 g/mol. The quantitative estimate of drug-likeness (QED) is 0.524. The molecule has 0 spiro atoms. The van der Waals surface area contributed by atoms with Crippen LogP contribution in [0.1, 0.15) is 22.5 Å². The van der Waals surface area contributed by atoms with Crippen LogP contribution in [0.3, 0.4) is 0 Å². The number of thioether (sulfide) groups is 1. The van der Waals surface area contributed by atoms with Crippen LogP contribution in [0.15, 0.2) is 65.6 Å². The molecular formula is C25H22FN3O3S. The van der Waals surface area contributed by atoms with Gasteiger partial charge in [-0.3, -0.25) is 19.3 Å². The molecule has 1 saturated heterocycles. The van der Waals surface area contributed by atoms with Crippen molar-refractivity contribution in [2.24, 2.45) is 0 Å². The molecule has 0 radical (unpaired) electrons. The lowest BCUT2D eigenvalue weighted by atomic mass is 10.2. The standard InChI is InChI=1S/C25H22FN3O3S/c1-16-11-19(17(2)28(16)14-18-7-4-3-5-8-18)12-22-24(31)29(25(32)33-22)15-23(30)27-21-10-6-9-20(26)13-21/h3-13H,14-15H2,1-2H3,(H,27,30)/b22-12+. The van der Waals surface area contributed by atoms with Crippen LogP contribution in [0.2, 0.25) is 0 Å². The van der Waals surface area contributed by atoms with Crippen molar-refractivity contribution in [1.29, 1.82) is 0 Å². The molecular weight excluding hydrogens is 441 g/mol. The van der Waals surface area contributed by atoms with Crippen LogP contribution in [-0.2, 0) is 16.1 Å². The van der Waals surface area contributed by atoms with E-state index in [9.17, 15) is 18.8 Å². The van der Waals surface area contributed by atoms with Crippen LogP contribution in [0, 0.1) is 19.7 Å². The number of carbonyl (C=O) groups excluding carboxylic acids is 3. The molecule has 33 heavy (non-hydrogen) atoms. The van der Waals surface area contributed by atoms with Gasteiger partial charge in [0.15, 0.2) is 0 Å². The maximum Gasteiger partial charge on any atom is 0.294 e. The Bertz CT molecular complexity index is 1270. The molecule has 2 aromatic carbocycles. The molecule has 1 aromatic heterocycles. The Kier molecular flexibility index (Phi) is 6.46. The largest absolute Gasteiger partial charge is 0.344 e. The summed E-state index contributed by atoms with van der Waals surface area (Å²) >= 11 is 0.804. The molecule has 1 N–H and O–H groups in total. The number of aromatic nitrogens is 1. The van der Waals surface area contributed by atoms with Crippen molar-refractivity contribution >= 4 is 40.6 Å². The van der Waals surface area contributed by atoms with Crippen LogP contribution < -0.4 is 5.32 Å². The Hall–Kier alpha value is -3.65. The minimum atomic E-state index is -0.579. The van der Waals surface area contributed by atoms with Gasteiger partial charge >= 0.3 is 0 Å². The molecule has 0 saturated carbocycles. The third kappa shape index (κ3) is 5.06. The summed E-state index contributed by atoms with van der Waals surface area (Å²) in [6.07, 6.45) is 1.69. The predicted molar refractivity (Wildman–Crippen MR) is 127 cm³/mol. The Labute approximate surface area is 195 Å². The van der Waals surface area contributed by atoms with Crippen LogP contribution in [0.4, 0.5) is 14.9 Å². The maximum absolute atomic E-state index is 13.3. The number of anilines is 1. The smallest absolute Gasteiger partial charge is 0.294 e. The summed E-state index contributed by atoms with van der Waals surface area (Å²) in [6, 6.07) is 17.4. The van der Waals surface area contributed by atoms with E-state index in [1.807, 2.05) is 38.1 Å². The third-order valence-electron chi connectivity index (χ3n) is 5.37. The lowest BCUT2D eigenvalue weighted by molar-refractivity contribution is -0.127. The number of hydrogen-bond acceptors (Lipinski definition) is 4. The van der Waals surface area contributed by atoms with Gasteiger partial charge in [0, 0.05) is 23.6 Å². The van der Waals surface area contributed by atoms with Crippen LogP contribution >= 0.6 is 11.8 Å². The van der Waals surface area contributed by atoms with Gasteiger partial charge in [0.1, 0.15) is 12.4 Å². The second kappa shape index (κ2) is 9.46. The van der Waals surface area contributed by atoms with Gasteiger partial charge in [-0.15, -0.1) is 0 Å². The number of rotatable bonds is 6. The molecule has 168 valence electrons. The summed E-state index contributed by atoms with van der Waals surface area (Å²) in [5.41, 5.74) is 4.28. The lowest BCUT2D eigenvalue weighted by Crippen LogP contribution is -2.36. The van der Waals surface area contributed by atoms with E-state index < -0.39 is 29.4 Å². The number of carbonyl (C=O) groups is 3. The lowest BCUT2D eigenvalue weighted by Gasteiger charge is -2.12. The van der Waals surface area contributed by atoms with E-state index in [4.69, 9.17) is 0 Å². The minimum absolute atomic E-state index is 0.258. The Morgan fingerprint density at radius 1 is 1.06 bits per heavy atom. The molecule has 4 rings (SSSR count). The molecule has 1 aliphatic heterocycles. The highest BCUT2D eigenvalue weighted by atomic mass is 32.2. The van der Waals surface area contributed by atoms with E-state index in [1.54, 1.807) is 6.08 Å². The SMILES string of the molecule is Cc1cc(/C=C2/SC(=O)N(CC(=O)Nc3cccc(F)c3)C2=O)c(C)n1Cc1ccccc1. The van der Waals surface area contributed by atoms with E-state index in [2.05, 4.69) is 22.0 Å². The van der Waals surface area contributed by atoms with E-state index in [-0.39, 0.29) is 10.6 Å². The average Bonchev–Trinajstić information content (AvgIpc) is 3.19. The van der Waals surface area contributed by atoms with Crippen molar-refractivity contribution in [3.63, 3.8) is 0 Å². The number of benzene rings is 2. The van der Waals surface area contributed by atoms with Gasteiger partial charge in [0.2, 0.25) is 5.91 Å². The fourth-order valence-corrected chi connectivity index (χ4v) is 4.50. The molecule has 0 bridgehead atoms. The fraction of sp³-hybridized carbons (Fsp3) is 0.160. The summed E-state index contributed by atoms with van der Waals surface area (Å²) in [7, 11) is 0. The summed E-state index contributed by atoms with van der Waals surface area (Å²) < 4.78 is 15.5. The predicted octanol–water partition coefficient (Wildman–Crippen LogP) is 4.97. The first-order valence-electron chi connectivity index (χ1n) is 10.3. The Morgan fingerprint density at radius 3 is 2.55 bits per heavy atom. The molecule has 0 unspecified atom stereocenters. The molecule has 2 heterocycles. The van der Waals surface area contributed by atoms with Gasteiger partial charge in [-0.1, -0.05) is 36.4 Å². The van der Waals surface area contributed by atoms with Gasteiger partial charge in [-0.25, -0.2) is 4.39 Å². The van der Waals surface area contributed by atoms with Gasteiger partial charge in [-0.2, -0.15) is 0 Å². The highest BCUT2D eigenvalue weighted by molar-refractivity contribution is 8.18. The second-order valence-electron chi connectivity index (χ2n) is 7.72. The summed E-state index contributed by atoms with van der Waals surface area (Å²) in [6.45, 7) is 4.23. The molecule has 6 nitrogen and oxygen atoms in total. The number of hydrogen-bond donors (Lipinski definition) is 1. The minimum Gasteiger partial charge on any atom is -0.344 e. The van der Waals surface area contributed by atoms with Crippen molar-refractivity contribution in [2.75, 3.05) is 11.9 Å². The molecule has 0 atom stereocenters. The number of aryl methyl sites for hydroxylation is 1. The first-order chi connectivity index (χ1) is 15.8. The van der Waals surface area contributed by atoms with Crippen molar-refractivity contribution in [3.8, 4) is 0 Å². The van der Waals surface area contributed by atoms with E-state index >= 15 is 0 Å². The number of halogens is 1.